The molecule has 1 heterocycles. The van der Waals surface area contributed by atoms with Crippen LogP contribution in [0, 0.1) is 5.82 Å². The zero-order chi connectivity index (χ0) is 14.7. The summed E-state index contributed by atoms with van der Waals surface area (Å²) in [6.07, 6.45) is 2.48. The van der Waals surface area contributed by atoms with Gasteiger partial charge in [-0.25, -0.2) is 9.18 Å². The molecule has 1 aliphatic heterocycles. The average Bonchev–Trinajstić information content (AvgIpc) is 2.70. The molecule has 1 N–H and O–H groups in total. The van der Waals surface area contributed by atoms with Crippen LogP contribution in [-0.4, -0.2) is 27.8 Å². The highest BCUT2D eigenvalue weighted by Crippen LogP contribution is 2.20. The van der Waals surface area contributed by atoms with Gasteiger partial charge < -0.3 is 5.11 Å². The molecule has 1 saturated heterocycles. The summed E-state index contributed by atoms with van der Waals surface area (Å²) >= 11 is 0. The molecule has 104 valence electrons. The Morgan fingerprint density at radius 1 is 1.30 bits per heavy atom. The largest absolute Gasteiger partial charge is 0.478 e. The van der Waals surface area contributed by atoms with Crippen molar-refractivity contribution in [1.29, 1.82) is 0 Å². The quantitative estimate of drug-likeness (QED) is 0.669. The van der Waals surface area contributed by atoms with Crippen LogP contribution in [0.2, 0.25) is 0 Å². The molecule has 6 heteroatoms. The summed E-state index contributed by atoms with van der Waals surface area (Å²) in [6, 6.07) is 3.81. The third kappa shape index (κ3) is 3.09. The number of halogens is 1. The van der Waals surface area contributed by atoms with Gasteiger partial charge >= 0.3 is 5.97 Å². The molecule has 1 aromatic rings. The Bertz CT molecular complexity index is 593. The van der Waals surface area contributed by atoms with Gasteiger partial charge in [-0.15, -0.1) is 0 Å². The van der Waals surface area contributed by atoms with Gasteiger partial charge in [-0.3, -0.25) is 14.5 Å². The smallest absolute Gasteiger partial charge is 0.328 e. The molecular formula is C14H12FNO4. The lowest BCUT2D eigenvalue weighted by Crippen LogP contribution is -2.28. The molecule has 0 bridgehead atoms. The minimum atomic E-state index is -1.16. The van der Waals surface area contributed by atoms with Gasteiger partial charge in [0.2, 0.25) is 11.8 Å². The summed E-state index contributed by atoms with van der Waals surface area (Å²) in [6.45, 7) is 0.0250. The summed E-state index contributed by atoms with van der Waals surface area (Å²) in [5.74, 6) is -2.22. The maximum Gasteiger partial charge on any atom is 0.328 e. The monoisotopic (exact) mass is 277 g/mol. The number of aliphatic carboxylic acids is 1. The van der Waals surface area contributed by atoms with E-state index in [1.807, 2.05) is 0 Å². The van der Waals surface area contributed by atoms with Gasteiger partial charge in [0.25, 0.3) is 0 Å². The lowest BCUT2D eigenvalue weighted by Gasteiger charge is -2.15. The summed E-state index contributed by atoms with van der Waals surface area (Å²) < 4.78 is 13.2. The van der Waals surface area contributed by atoms with E-state index in [1.165, 1.54) is 24.3 Å². The maximum absolute atomic E-state index is 13.2. The Morgan fingerprint density at radius 2 is 1.95 bits per heavy atom. The van der Waals surface area contributed by atoms with E-state index in [9.17, 15) is 18.8 Å². The third-order valence-corrected chi connectivity index (χ3v) is 3.00. The summed E-state index contributed by atoms with van der Waals surface area (Å²) in [7, 11) is 0. The standard InChI is InChI=1S/C14H12FNO4/c15-11-3-1-10(9(7-11)2-6-14(19)20)8-16-12(17)4-5-13(16)18/h1-3,6-7H,4-5,8H2,(H,19,20). The second-order valence-corrected chi connectivity index (χ2v) is 4.39. The van der Waals surface area contributed by atoms with Crippen molar-refractivity contribution in [3.8, 4) is 0 Å². The number of carboxylic acids is 1. The molecule has 1 aliphatic rings. The van der Waals surface area contributed by atoms with Gasteiger partial charge in [-0.1, -0.05) is 6.07 Å². The topological polar surface area (TPSA) is 74.7 Å². The zero-order valence-electron chi connectivity index (χ0n) is 10.5. The van der Waals surface area contributed by atoms with E-state index in [0.717, 1.165) is 11.0 Å². The molecule has 0 atom stereocenters. The molecule has 0 unspecified atom stereocenters. The number of hydrogen-bond acceptors (Lipinski definition) is 3. The SMILES string of the molecule is O=C(O)C=Cc1cc(F)ccc1CN1C(=O)CCC1=O. The number of likely N-dealkylation sites (tertiary alicyclic amines) is 1. The number of carbonyl (C=O) groups excluding carboxylic acids is 2. The first kappa shape index (κ1) is 13.9. The van der Waals surface area contributed by atoms with Crippen molar-refractivity contribution in [3.63, 3.8) is 0 Å². The van der Waals surface area contributed by atoms with Gasteiger partial charge in [0.05, 0.1) is 6.54 Å². The molecule has 0 aromatic heterocycles. The van der Waals surface area contributed by atoms with Crippen LogP contribution in [0.1, 0.15) is 24.0 Å². The van der Waals surface area contributed by atoms with E-state index < -0.39 is 11.8 Å². The number of rotatable bonds is 4. The first-order valence-corrected chi connectivity index (χ1v) is 6.00. The molecule has 0 saturated carbocycles. The van der Waals surface area contributed by atoms with Gasteiger partial charge in [0.15, 0.2) is 0 Å². The summed E-state index contributed by atoms with van der Waals surface area (Å²) in [4.78, 5) is 34.7. The van der Waals surface area contributed by atoms with Gasteiger partial charge in [-0.05, 0) is 29.3 Å². The average molecular weight is 277 g/mol. The lowest BCUT2D eigenvalue weighted by atomic mass is 10.1. The second kappa shape index (κ2) is 5.64. The van der Waals surface area contributed by atoms with E-state index in [0.29, 0.717) is 11.1 Å². The number of carbonyl (C=O) groups is 3. The number of hydrogen-bond donors (Lipinski definition) is 1. The number of carboxylic acid groups (broad SMARTS) is 1. The van der Waals surface area contributed by atoms with Crippen molar-refractivity contribution >= 4 is 23.9 Å². The normalized spacial score (nSPS) is 15.3. The number of nitrogens with zero attached hydrogens (tertiary/aromatic N) is 1. The Morgan fingerprint density at radius 3 is 2.55 bits per heavy atom. The van der Waals surface area contributed by atoms with Crippen LogP contribution < -0.4 is 0 Å². The Labute approximate surface area is 114 Å². The third-order valence-electron chi connectivity index (χ3n) is 3.00. The highest BCUT2D eigenvalue weighted by Gasteiger charge is 2.29. The van der Waals surface area contributed by atoms with Crippen LogP contribution >= 0.6 is 0 Å². The van der Waals surface area contributed by atoms with E-state index in [1.54, 1.807) is 0 Å². The Hall–Kier alpha value is -2.50. The minimum Gasteiger partial charge on any atom is -0.478 e. The number of imide groups is 1. The van der Waals surface area contributed by atoms with E-state index in [-0.39, 0.29) is 31.2 Å². The number of benzene rings is 1. The fourth-order valence-corrected chi connectivity index (χ4v) is 2.00. The Kier molecular flexibility index (Phi) is 3.93. The summed E-state index contributed by atoms with van der Waals surface area (Å²) in [5, 5.41) is 8.60. The zero-order valence-corrected chi connectivity index (χ0v) is 10.5. The van der Waals surface area contributed by atoms with Crippen LogP contribution in [0.25, 0.3) is 6.08 Å². The van der Waals surface area contributed by atoms with Crippen molar-refractivity contribution in [1.82, 2.24) is 4.90 Å². The predicted octanol–water partition coefficient (Wildman–Crippen LogP) is 1.57. The first-order valence-electron chi connectivity index (χ1n) is 6.00. The van der Waals surface area contributed by atoms with Crippen molar-refractivity contribution in [2.45, 2.75) is 19.4 Å². The molecule has 1 fully saturated rings. The Balaban J connectivity index is 2.29. The van der Waals surface area contributed by atoms with E-state index in [4.69, 9.17) is 5.11 Å². The van der Waals surface area contributed by atoms with Crippen molar-refractivity contribution in [2.24, 2.45) is 0 Å². The minimum absolute atomic E-state index is 0.0250. The predicted molar refractivity (Wildman–Crippen MR) is 67.9 cm³/mol. The molecule has 2 rings (SSSR count). The van der Waals surface area contributed by atoms with Crippen LogP contribution in [0.3, 0.4) is 0 Å². The molecule has 0 spiro atoms. The van der Waals surface area contributed by atoms with Gasteiger partial charge in [-0.2, -0.15) is 0 Å². The fourth-order valence-electron chi connectivity index (χ4n) is 2.00. The van der Waals surface area contributed by atoms with Crippen LogP contribution in [0.15, 0.2) is 24.3 Å². The van der Waals surface area contributed by atoms with Crippen LogP contribution in [0.4, 0.5) is 4.39 Å². The first-order chi connectivity index (χ1) is 9.47. The molecular weight excluding hydrogens is 265 g/mol. The molecule has 0 aliphatic carbocycles. The van der Waals surface area contributed by atoms with Gasteiger partial charge in [0.1, 0.15) is 5.82 Å². The lowest BCUT2D eigenvalue weighted by molar-refractivity contribution is -0.139. The maximum atomic E-state index is 13.2. The summed E-state index contributed by atoms with van der Waals surface area (Å²) in [5.41, 5.74) is 0.854. The number of amides is 2. The van der Waals surface area contributed by atoms with Crippen molar-refractivity contribution in [2.75, 3.05) is 0 Å². The van der Waals surface area contributed by atoms with Crippen LogP contribution in [0.5, 0.6) is 0 Å². The molecule has 0 radical (unpaired) electrons. The molecule has 5 nitrogen and oxygen atoms in total. The molecule has 2 amide bonds. The molecule has 20 heavy (non-hydrogen) atoms. The molecule has 1 aromatic carbocycles. The van der Waals surface area contributed by atoms with Crippen molar-refractivity contribution in [3.05, 3.63) is 41.2 Å². The van der Waals surface area contributed by atoms with Gasteiger partial charge in [0, 0.05) is 18.9 Å². The fraction of sp³-hybridized carbons (Fsp3) is 0.214. The van der Waals surface area contributed by atoms with E-state index >= 15 is 0 Å². The van der Waals surface area contributed by atoms with Crippen molar-refractivity contribution < 1.29 is 23.9 Å². The second-order valence-electron chi connectivity index (χ2n) is 4.39. The highest BCUT2D eigenvalue weighted by molar-refractivity contribution is 6.01. The van der Waals surface area contributed by atoms with E-state index in [2.05, 4.69) is 0 Å². The highest BCUT2D eigenvalue weighted by atomic mass is 19.1. The van der Waals surface area contributed by atoms with Crippen LogP contribution in [-0.2, 0) is 20.9 Å².